The van der Waals surface area contributed by atoms with Crippen LogP contribution in [0.2, 0.25) is 0 Å². The molecule has 3 rings (SSSR count). The van der Waals surface area contributed by atoms with E-state index in [1.54, 1.807) is 0 Å². The van der Waals surface area contributed by atoms with Crippen molar-refractivity contribution < 1.29 is 27.8 Å². The number of anilines is 1. The van der Waals surface area contributed by atoms with E-state index in [0.717, 1.165) is 23.9 Å². The van der Waals surface area contributed by atoms with Crippen molar-refractivity contribution in [1.29, 1.82) is 0 Å². The second kappa shape index (κ2) is 7.10. The lowest BCUT2D eigenvalue weighted by molar-refractivity contribution is -0.113. The molecule has 1 heterocycles. The highest BCUT2D eigenvalue weighted by atomic mass is 32.2. The molecule has 0 saturated carbocycles. The van der Waals surface area contributed by atoms with Crippen LogP contribution in [0.4, 0.5) is 14.5 Å². The summed E-state index contributed by atoms with van der Waals surface area (Å²) in [4.78, 5) is 24.1. The number of carbonyl (C=O) groups excluding carboxylic acids is 2. The average Bonchev–Trinajstić information content (AvgIpc) is 3.00. The standard InChI is InChI=1S/C17H13F2NO4S/c1-9(21)11-5-14-15(24-8-23-14)6-13(11)20-17(22)7-25-16-3-2-10(18)4-12(16)19/h2-6H,7-8H2,1H3,(H,20,22). The highest BCUT2D eigenvalue weighted by Crippen LogP contribution is 2.37. The Morgan fingerprint density at radius 3 is 2.56 bits per heavy atom. The first kappa shape index (κ1) is 17.2. The number of fused-ring (bicyclic) bond motifs is 1. The topological polar surface area (TPSA) is 64.6 Å². The molecule has 0 bridgehead atoms. The summed E-state index contributed by atoms with van der Waals surface area (Å²) in [6, 6.07) is 6.16. The summed E-state index contributed by atoms with van der Waals surface area (Å²) in [6.45, 7) is 1.42. The Kier molecular flexibility index (Phi) is 4.89. The van der Waals surface area contributed by atoms with E-state index in [1.807, 2.05) is 0 Å². The highest BCUT2D eigenvalue weighted by molar-refractivity contribution is 8.00. The molecule has 130 valence electrons. The van der Waals surface area contributed by atoms with Crippen molar-refractivity contribution in [2.75, 3.05) is 17.9 Å². The van der Waals surface area contributed by atoms with Crippen LogP contribution in [0.5, 0.6) is 11.5 Å². The number of rotatable bonds is 5. The summed E-state index contributed by atoms with van der Waals surface area (Å²) in [7, 11) is 0. The van der Waals surface area contributed by atoms with Crippen LogP contribution < -0.4 is 14.8 Å². The fourth-order valence-corrected chi connectivity index (χ4v) is 2.98. The third-order valence-electron chi connectivity index (χ3n) is 3.42. The van der Waals surface area contributed by atoms with Crippen LogP contribution in [0.15, 0.2) is 35.2 Å². The van der Waals surface area contributed by atoms with Gasteiger partial charge in [0.05, 0.1) is 11.4 Å². The number of hydrogen-bond acceptors (Lipinski definition) is 5. The minimum Gasteiger partial charge on any atom is -0.454 e. The van der Waals surface area contributed by atoms with E-state index in [4.69, 9.17) is 9.47 Å². The van der Waals surface area contributed by atoms with Gasteiger partial charge in [-0.25, -0.2) is 8.78 Å². The Bertz CT molecular complexity index is 857. The molecule has 1 aliphatic heterocycles. The molecule has 1 amide bonds. The summed E-state index contributed by atoms with van der Waals surface area (Å²) in [6.07, 6.45) is 0. The van der Waals surface area contributed by atoms with Crippen molar-refractivity contribution in [1.82, 2.24) is 0 Å². The van der Waals surface area contributed by atoms with E-state index in [9.17, 15) is 18.4 Å². The van der Waals surface area contributed by atoms with Crippen LogP contribution in [0.25, 0.3) is 0 Å². The maximum atomic E-state index is 13.6. The summed E-state index contributed by atoms with van der Waals surface area (Å²) in [5.41, 5.74) is 0.581. The van der Waals surface area contributed by atoms with Crippen LogP contribution in [-0.2, 0) is 4.79 Å². The van der Waals surface area contributed by atoms with Crippen LogP contribution in [0.3, 0.4) is 0 Å². The molecule has 0 fully saturated rings. The summed E-state index contributed by atoms with van der Waals surface area (Å²) in [5, 5.41) is 2.61. The number of benzene rings is 2. The first-order valence-electron chi connectivity index (χ1n) is 7.26. The number of nitrogens with one attached hydrogen (secondary N) is 1. The molecule has 1 aliphatic rings. The smallest absolute Gasteiger partial charge is 0.234 e. The highest BCUT2D eigenvalue weighted by Gasteiger charge is 2.20. The van der Waals surface area contributed by atoms with Crippen molar-refractivity contribution in [3.63, 3.8) is 0 Å². The van der Waals surface area contributed by atoms with Crippen LogP contribution in [-0.4, -0.2) is 24.2 Å². The zero-order valence-corrected chi connectivity index (χ0v) is 13.9. The lowest BCUT2D eigenvalue weighted by Gasteiger charge is -2.10. The number of ketones is 1. The third kappa shape index (κ3) is 3.90. The molecule has 0 atom stereocenters. The molecule has 2 aromatic rings. The zero-order valence-electron chi connectivity index (χ0n) is 13.1. The lowest BCUT2D eigenvalue weighted by Crippen LogP contribution is -2.16. The first-order chi connectivity index (χ1) is 11.9. The number of halogens is 2. The maximum Gasteiger partial charge on any atom is 0.234 e. The van der Waals surface area contributed by atoms with E-state index >= 15 is 0 Å². The van der Waals surface area contributed by atoms with Gasteiger partial charge in [0.1, 0.15) is 11.6 Å². The average molecular weight is 365 g/mol. The fourth-order valence-electron chi connectivity index (χ4n) is 2.26. The van der Waals surface area contributed by atoms with Crippen LogP contribution in [0, 0.1) is 11.6 Å². The van der Waals surface area contributed by atoms with Gasteiger partial charge in [-0.15, -0.1) is 11.8 Å². The summed E-state index contributed by atoms with van der Waals surface area (Å²) >= 11 is 0.928. The molecule has 0 saturated heterocycles. The predicted octanol–water partition coefficient (Wildman–Crippen LogP) is 3.63. The van der Waals surface area contributed by atoms with Gasteiger partial charge in [-0.3, -0.25) is 9.59 Å². The van der Waals surface area contributed by atoms with E-state index in [2.05, 4.69) is 5.32 Å². The number of Topliss-reactive ketones (excluding diaryl/α,β-unsaturated/α-hetero) is 1. The predicted molar refractivity (Wildman–Crippen MR) is 88.3 cm³/mol. The Morgan fingerprint density at radius 2 is 1.88 bits per heavy atom. The largest absolute Gasteiger partial charge is 0.454 e. The SMILES string of the molecule is CC(=O)c1cc2c(cc1NC(=O)CSc1ccc(F)cc1F)OCO2. The van der Waals surface area contributed by atoms with Gasteiger partial charge >= 0.3 is 0 Å². The quantitative estimate of drug-likeness (QED) is 0.648. The Labute approximate surface area is 146 Å². The number of ether oxygens (including phenoxy) is 2. The van der Waals surface area contributed by atoms with Gasteiger partial charge in [0.2, 0.25) is 12.7 Å². The van der Waals surface area contributed by atoms with Gasteiger partial charge in [-0.2, -0.15) is 0 Å². The van der Waals surface area contributed by atoms with Crippen LogP contribution in [0.1, 0.15) is 17.3 Å². The second-order valence-electron chi connectivity index (χ2n) is 5.22. The van der Waals surface area contributed by atoms with Gasteiger partial charge in [-0.1, -0.05) is 0 Å². The summed E-state index contributed by atoms with van der Waals surface area (Å²) < 4.78 is 36.9. The van der Waals surface area contributed by atoms with Crippen molar-refractivity contribution in [3.05, 3.63) is 47.5 Å². The normalized spacial score (nSPS) is 12.1. The van der Waals surface area contributed by atoms with E-state index in [0.29, 0.717) is 17.2 Å². The minimum absolute atomic E-state index is 0.0454. The molecule has 0 aliphatic carbocycles. The summed E-state index contributed by atoms with van der Waals surface area (Å²) in [5.74, 6) is -1.33. The molecule has 1 N–H and O–H groups in total. The molecule has 2 aromatic carbocycles. The van der Waals surface area contributed by atoms with Gasteiger partial charge in [0, 0.05) is 22.6 Å². The van der Waals surface area contributed by atoms with Crippen molar-refractivity contribution in [2.45, 2.75) is 11.8 Å². The fraction of sp³-hybridized carbons (Fsp3) is 0.176. The van der Waals surface area contributed by atoms with Crippen LogP contribution >= 0.6 is 11.8 Å². The minimum atomic E-state index is -0.731. The molecule has 8 heteroatoms. The van der Waals surface area contributed by atoms with Crippen molar-refractivity contribution in [2.24, 2.45) is 0 Å². The molecule has 0 spiro atoms. The maximum absolute atomic E-state index is 13.6. The Morgan fingerprint density at radius 1 is 1.16 bits per heavy atom. The Balaban J connectivity index is 1.71. The number of hydrogen-bond donors (Lipinski definition) is 1. The molecule has 0 radical (unpaired) electrons. The third-order valence-corrected chi connectivity index (χ3v) is 4.47. The number of carbonyl (C=O) groups is 2. The molecular formula is C17H13F2NO4S. The van der Waals surface area contributed by atoms with Gasteiger partial charge < -0.3 is 14.8 Å². The van der Waals surface area contributed by atoms with Crippen molar-refractivity contribution in [3.8, 4) is 11.5 Å². The molecule has 25 heavy (non-hydrogen) atoms. The zero-order chi connectivity index (χ0) is 18.0. The number of thioether (sulfide) groups is 1. The number of amides is 1. The molecule has 0 unspecified atom stereocenters. The van der Waals surface area contributed by atoms with E-state index < -0.39 is 17.5 Å². The second-order valence-corrected chi connectivity index (χ2v) is 6.24. The lowest BCUT2D eigenvalue weighted by atomic mass is 10.1. The first-order valence-corrected chi connectivity index (χ1v) is 8.25. The van der Waals surface area contributed by atoms with E-state index in [-0.39, 0.29) is 28.8 Å². The van der Waals surface area contributed by atoms with Gasteiger partial charge in [0.25, 0.3) is 0 Å². The van der Waals surface area contributed by atoms with Gasteiger partial charge in [-0.05, 0) is 25.1 Å². The monoisotopic (exact) mass is 365 g/mol. The van der Waals surface area contributed by atoms with Crippen molar-refractivity contribution >= 4 is 29.1 Å². The van der Waals surface area contributed by atoms with E-state index in [1.165, 1.54) is 25.1 Å². The molecule has 5 nitrogen and oxygen atoms in total. The molecule has 0 aromatic heterocycles. The molecular weight excluding hydrogens is 352 g/mol. The van der Waals surface area contributed by atoms with Gasteiger partial charge in [0.15, 0.2) is 17.3 Å². The Hall–Kier alpha value is -2.61.